The van der Waals surface area contributed by atoms with E-state index in [-0.39, 0.29) is 12.5 Å². The summed E-state index contributed by atoms with van der Waals surface area (Å²) in [6.07, 6.45) is 4.89. The Labute approximate surface area is 198 Å². The molecule has 1 atom stereocenters. The highest BCUT2D eigenvalue weighted by Gasteiger charge is 2.35. The first-order valence-corrected chi connectivity index (χ1v) is 11.8. The van der Waals surface area contributed by atoms with E-state index < -0.39 is 17.4 Å². The first-order chi connectivity index (χ1) is 16.4. The highest BCUT2D eigenvalue weighted by molar-refractivity contribution is 6.39. The number of aliphatic hydroxyl groups is 1. The van der Waals surface area contributed by atoms with Crippen LogP contribution >= 0.6 is 0 Å². The Balaban J connectivity index is 1.27. The van der Waals surface area contributed by atoms with Crippen LogP contribution in [0.5, 0.6) is 5.75 Å². The number of rotatable bonds is 4. The summed E-state index contributed by atoms with van der Waals surface area (Å²) in [7, 11) is 1.60. The van der Waals surface area contributed by atoms with Crippen molar-refractivity contribution in [1.82, 2.24) is 5.32 Å². The van der Waals surface area contributed by atoms with Gasteiger partial charge in [0.2, 0.25) is 5.91 Å². The quantitative estimate of drug-likeness (QED) is 0.603. The summed E-state index contributed by atoms with van der Waals surface area (Å²) in [6, 6.07) is 9.23. The zero-order valence-electron chi connectivity index (χ0n) is 19.3. The number of carbonyl (C=O) groups excluding carboxylic acids is 3. The number of benzene rings is 2. The van der Waals surface area contributed by atoms with Gasteiger partial charge >= 0.3 is 11.8 Å². The average molecular weight is 464 g/mol. The second-order valence-electron chi connectivity index (χ2n) is 9.34. The first-order valence-electron chi connectivity index (χ1n) is 11.8. The Morgan fingerprint density at radius 3 is 2.59 bits per heavy atom. The molecule has 5 rings (SSSR count). The molecule has 0 saturated carbocycles. The smallest absolute Gasteiger partial charge is 0.313 e. The average Bonchev–Trinajstić information content (AvgIpc) is 2.84. The van der Waals surface area contributed by atoms with E-state index in [1.54, 1.807) is 13.2 Å². The number of ether oxygens (including phenoxy) is 1. The van der Waals surface area contributed by atoms with E-state index in [9.17, 15) is 19.5 Å². The molecule has 2 heterocycles. The number of aryl methyl sites for hydroxylation is 3. The maximum Gasteiger partial charge on any atom is 0.313 e. The number of nitrogens with one attached hydrogen (secondary N) is 2. The van der Waals surface area contributed by atoms with Gasteiger partial charge in [0.15, 0.2) is 0 Å². The summed E-state index contributed by atoms with van der Waals surface area (Å²) in [6.45, 7) is 0.677. The van der Waals surface area contributed by atoms with Gasteiger partial charge in [-0.2, -0.15) is 0 Å². The molecule has 0 saturated heterocycles. The molecule has 2 aliphatic heterocycles. The molecule has 3 N–H and O–H groups in total. The van der Waals surface area contributed by atoms with Gasteiger partial charge in [-0.25, -0.2) is 0 Å². The SMILES string of the molecule is COc1ccc2c(c1)CCCC2(O)CNC(=O)C(=O)Nc1cc2c3c(c1)CCC(=O)N3CCC2. The molecule has 2 aromatic carbocycles. The lowest BCUT2D eigenvalue weighted by Gasteiger charge is -2.35. The molecule has 178 valence electrons. The number of amides is 3. The predicted octanol–water partition coefficient (Wildman–Crippen LogP) is 2.20. The number of methoxy groups -OCH3 is 1. The Bertz CT molecular complexity index is 1160. The monoisotopic (exact) mass is 463 g/mol. The Hall–Kier alpha value is -3.39. The van der Waals surface area contributed by atoms with Crippen molar-refractivity contribution in [3.63, 3.8) is 0 Å². The summed E-state index contributed by atoms with van der Waals surface area (Å²) in [5.74, 6) is -0.702. The molecule has 1 aliphatic carbocycles. The van der Waals surface area contributed by atoms with Crippen LogP contribution in [0.25, 0.3) is 0 Å². The van der Waals surface area contributed by atoms with Crippen LogP contribution in [0, 0.1) is 0 Å². The van der Waals surface area contributed by atoms with E-state index in [4.69, 9.17) is 4.74 Å². The van der Waals surface area contributed by atoms with E-state index in [1.165, 1.54) is 0 Å². The topological polar surface area (TPSA) is 108 Å². The number of hydrogen-bond acceptors (Lipinski definition) is 5. The molecule has 0 fully saturated rings. The van der Waals surface area contributed by atoms with Crippen LogP contribution < -0.4 is 20.3 Å². The minimum absolute atomic E-state index is 0.0505. The summed E-state index contributed by atoms with van der Waals surface area (Å²) in [5.41, 5.74) is 4.09. The fraction of sp³-hybridized carbons (Fsp3) is 0.423. The fourth-order valence-corrected chi connectivity index (χ4v) is 5.47. The molecule has 2 aromatic rings. The van der Waals surface area contributed by atoms with E-state index >= 15 is 0 Å². The van der Waals surface area contributed by atoms with Crippen LogP contribution in [0.2, 0.25) is 0 Å². The second kappa shape index (κ2) is 8.76. The van der Waals surface area contributed by atoms with E-state index in [0.717, 1.165) is 65.9 Å². The lowest BCUT2D eigenvalue weighted by molar-refractivity contribution is -0.137. The number of fused-ring (bicyclic) bond motifs is 1. The Morgan fingerprint density at radius 2 is 1.79 bits per heavy atom. The molecule has 0 spiro atoms. The van der Waals surface area contributed by atoms with Crippen molar-refractivity contribution >= 4 is 29.1 Å². The fourth-order valence-electron chi connectivity index (χ4n) is 5.47. The third-order valence-electron chi connectivity index (χ3n) is 7.13. The van der Waals surface area contributed by atoms with Crippen LogP contribution in [0.4, 0.5) is 11.4 Å². The normalized spacial score (nSPS) is 20.8. The molecule has 34 heavy (non-hydrogen) atoms. The van der Waals surface area contributed by atoms with E-state index in [2.05, 4.69) is 10.6 Å². The lowest BCUT2D eigenvalue weighted by Crippen LogP contribution is -2.46. The van der Waals surface area contributed by atoms with Crippen LogP contribution in [0.3, 0.4) is 0 Å². The van der Waals surface area contributed by atoms with Gasteiger partial charge in [-0.05, 0) is 85.0 Å². The minimum Gasteiger partial charge on any atom is -0.497 e. The Kier molecular flexibility index (Phi) is 5.77. The molecule has 8 heteroatoms. The van der Waals surface area contributed by atoms with Crippen LogP contribution in [0.1, 0.15) is 47.9 Å². The standard InChI is InChI=1S/C26H29N3O5/c1-34-20-7-8-21-16(14-20)4-2-10-26(21,33)15-27-24(31)25(32)28-19-12-17-5-3-11-29-22(30)9-6-18(13-19)23(17)29/h7-8,12-14,33H,2-6,9-11,15H2,1H3,(H,27,31)(H,28,32). The Morgan fingerprint density at radius 1 is 1.03 bits per heavy atom. The van der Waals surface area contributed by atoms with Gasteiger partial charge in [-0.1, -0.05) is 6.07 Å². The number of hydrogen-bond donors (Lipinski definition) is 3. The third-order valence-corrected chi connectivity index (χ3v) is 7.13. The molecular formula is C26H29N3O5. The summed E-state index contributed by atoms with van der Waals surface area (Å²) < 4.78 is 5.28. The van der Waals surface area contributed by atoms with Crippen molar-refractivity contribution in [1.29, 1.82) is 0 Å². The molecule has 8 nitrogen and oxygen atoms in total. The lowest BCUT2D eigenvalue weighted by atomic mass is 9.79. The van der Waals surface area contributed by atoms with E-state index in [1.807, 2.05) is 29.2 Å². The zero-order chi connectivity index (χ0) is 23.9. The third kappa shape index (κ3) is 4.03. The van der Waals surface area contributed by atoms with Gasteiger partial charge in [0.1, 0.15) is 11.4 Å². The van der Waals surface area contributed by atoms with Crippen molar-refractivity contribution in [3.05, 3.63) is 52.6 Å². The van der Waals surface area contributed by atoms with Gasteiger partial charge < -0.3 is 25.4 Å². The van der Waals surface area contributed by atoms with Gasteiger partial charge in [0.05, 0.1) is 19.3 Å². The van der Waals surface area contributed by atoms with Crippen molar-refractivity contribution < 1.29 is 24.2 Å². The largest absolute Gasteiger partial charge is 0.497 e. The van der Waals surface area contributed by atoms with Gasteiger partial charge in [0.25, 0.3) is 0 Å². The number of anilines is 2. The van der Waals surface area contributed by atoms with Gasteiger partial charge in [-0.15, -0.1) is 0 Å². The van der Waals surface area contributed by atoms with Crippen molar-refractivity contribution in [2.75, 3.05) is 30.4 Å². The predicted molar refractivity (Wildman–Crippen MR) is 127 cm³/mol. The van der Waals surface area contributed by atoms with Crippen molar-refractivity contribution in [3.8, 4) is 5.75 Å². The van der Waals surface area contributed by atoms with Crippen LogP contribution in [0.15, 0.2) is 30.3 Å². The molecule has 0 aromatic heterocycles. The molecule has 1 unspecified atom stereocenters. The van der Waals surface area contributed by atoms with Crippen molar-refractivity contribution in [2.24, 2.45) is 0 Å². The maximum absolute atomic E-state index is 12.6. The van der Waals surface area contributed by atoms with Gasteiger partial charge in [0, 0.05) is 18.7 Å². The zero-order valence-corrected chi connectivity index (χ0v) is 19.3. The molecular weight excluding hydrogens is 434 g/mol. The molecule has 0 bridgehead atoms. The highest BCUT2D eigenvalue weighted by atomic mass is 16.5. The first kappa shape index (κ1) is 22.4. The maximum atomic E-state index is 12.6. The second-order valence-corrected chi connectivity index (χ2v) is 9.34. The minimum atomic E-state index is -1.23. The number of nitrogens with zero attached hydrogens (tertiary/aromatic N) is 1. The van der Waals surface area contributed by atoms with Crippen molar-refractivity contribution in [2.45, 2.75) is 50.5 Å². The van der Waals surface area contributed by atoms with Gasteiger partial charge in [-0.3, -0.25) is 14.4 Å². The highest BCUT2D eigenvalue weighted by Crippen LogP contribution is 2.38. The van der Waals surface area contributed by atoms with Crippen LogP contribution in [-0.4, -0.2) is 43.0 Å². The molecule has 3 amide bonds. The number of carbonyl (C=O) groups is 3. The van der Waals surface area contributed by atoms with Crippen LogP contribution in [-0.2, 0) is 39.2 Å². The summed E-state index contributed by atoms with van der Waals surface area (Å²) in [5, 5.41) is 16.6. The summed E-state index contributed by atoms with van der Waals surface area (Å²) >= 11 is 0. The van der Waals surface area contributed by atoms with E-state index in [0.29, 0.717) is 24.9 Å². The summed E-state index contributed by atoms with van der Waals surface area (Å²) in [4.78, 5) is 39.3. The molecule has 3 aliphatic rings. The molecule has 0 radical (unpaired) electrons.